The number of nitrogens with two attached hydrogens (primary N) is 1. The van der Waals surface area contributed by atoms with Crippen LogP contribution in [0.3, 0.4) is 0 Å². The fourth-order valence-electron chi connectivity index (χ4n) is 2.12. The van der Waals surface area contributed by atoms with Gasteiger partial charge in [0.15, 0.2) is 0 Å². The molecule has 112 valence electrons. The summed E-state index contributed by atoms with van der Waals surface area (Å²) in [5.41, 5.74) is 10.0. The Morgan fingerprint density at radius 3 is 2.52 bits per heavy atom. The molecule has 21 heavy (non-hydrogen) atoms. The second kappa shape index (κ2) is 6.97. The molecule has 2 aromatic rings. The molecule has 2 rings (SSSR count). The maximum Gasteiger partial charge on any atom is 0.123 e. The van der Waals surface area contributed by atoms with Crippen molar-refractivity contribution in [3.63, 3.8) is 0 Å². The minimum atomic E-state index is 0.464. The van der Waals surface area contributed by atoms with E-state index in [0.29, 0.717) is 24.1 Å². The van der Waals surface area contributed by atoms with Crippen molar-refractivity contribution < 1.29 is 4.74 Å². The van der Waals surface area contributed by atoms with Gasteiger partial charge in [-0.15, -0.1) is 0 Å². The molecule has 3 heteroatoms. The predicted octanol–water partition coefficient (Wildman–Crippen LogP) is 4.81. The topological polar surface area (TPSA) is 35.2 Å². The lowest BCUT2D eigenvalue weighted by Gasteiger charge is -2.14. The van der Waals surface area contributed by atoms with Gasteiger partial charge in [-0.3, -0.25) is 0 Å². The number of aryl methyl sites for hydroxylation is 1. The lowest BCUT2D eigenvalue weighted by molar-refractivity contribution is 0.303. The third-order valence-corrected chi connectivity index (χ3v) is 3.97. The first kappa shape index (κ1) is 15.9. The van der Waals surface area contributed by atoms with Crippen LogP contribution in [0.5, 0.6) is 5.75 Å². The highest BCUT2D eigenvalue weighted by Crippen LogP contribution is 2.26. The highest BCUT2D eigenvalue weighted by atomic mass is 35.5. The largest absolute Gasteiger partial charge is 0.489 e. The number of hydrogen-bond acceptors (Lipinski definition) is 2. The molecule has 0 saturated heterocycles. The third kappa shape index (κ3) is 3.99. The Kier molecular flexibility index (Phi) is 5.27. The number of ether oxygens (including phenoxy) is 1. The molecule has 0 aromatic heterocycles. The Hall–Kier alpha value is -1.51. The maximum absolute atomic E-state index is 6.26. The number of benzene rings is 2. The Bertz CT molecular complexity index is 623. The molecule has 0 radical (unpaired) electrons. The summed E-state index contributed by atoms with van der Waals surface area (Å²) in [6.07, 6.45) is 0. The Morgan fingerprint density at radius 1 is 1.14 bits per heavy atom. The fourth-order valence-corrected chi connectivity index (χ4v) is 2.38. The summed E-state index contributed by atoms with van der Waals surface area (Å²) in [6.45, 7) is 7.37. The summed E-state index contributed by atoms with van der Waals surface area (Å²) in [5.74, 6) is 1.40. The zero-order valence-electron chi connectivity index (χ0n) is 12.8. The van der Waals surface area contributed by atoms with Gasteiger partial charge >= 0.3 is 0 Å². The number of hydrogen-bond donors (Lipinski definition) is 1. The van der Waals surface area contributed by atoms with Crippen LogP contribution in [0.4, 0.5) is 0 Å². The zero-order chi connectivity index (χ0) is 15.4. The molecule has 0 atom stereocenters. The summed E-state index contributed by atoms with van der Waals surface area (Å²) in [4.78, 5) is 0. The van der Waals surface area contributed by atoms with Crippen molar-refractivity contribution in [3.05, 3.63) is 63.7 Å². The van der Waals surface area contributed by atoms with E-state index >= 15 is 0 Å². The van der Waals surface area contributed by atoms with Crippen molar-refractivity contribution in [3.8, 4) is 5.75 Å². The summed E-state index contributed by atoms with van der Waals surface area (Å²) < 4.78 is 5.95. The molecule has 0 unspecified atom stereocenters. The summed E-state index contributed by atoms with van der Waals surface area (Å²) in [7, 11) is 0. The maximum atomic E-state index is 6.26. The molecule has 0 spiro atoms. The van der Waals surface area contributed by atoms with Crippen LogP contribution in [0.25, 0.3) is 0 Å². The van der Waals surface area contributed by atoms with Crippen LogP contribution in [0, 0.1) is 6.92 Å². The van der Waals surface area contributed by atoms with Crippen molar-refractivity contribution in [1.82, 2.24) is 0 Å². The molecule has 0 saturated carbocycles. The van der Waals surface area contributed by atoms with Crippen LogP contribution in [-0.2, 0) is 13.2 Å². The molecule has 0 amide bonds. The van der Waals surface area contributed by atoms with Crippen LogP contribution in [0.15, 0.2) is 36.4 Å². The fraction of sp³-hybridized carbons (Fsp3) is 0.333. The smallest absolute Gasteiger partial charge is 0.123 e. The van der Waals surface area contributed by atoms with E-state index in [1.807, 2.05) is 18.2 Å². The van der Waals surface area contributed by atoms with Crippen LogP contribution in [-0.4, -0.2) is 0 Å². The van der Waals surface area contributed by atoms with Crippen LogP contribution >= 0.6 is 11.6 Å². The molecule has 2 nitrogen and oxygen atoms in total. The van der Waals surface area contributed by atoms with E-state index in [1.54, 1.807) is 0 Å². The van der Waals surface area contributed by atoms with Gasteiger partial charge in [0, 0.05) is 17.1 Å². The van der Waals surface area contributed by atoms with E-state index in [4.69, 9.17) is 22.1 Å². The van der Waals surface area contributed by atoms with Gasteiger partial charge in [-0.2, -0.15) is 0 Å². The van der Waals surface area contributed by atoms with Gasteiger partial charge in [0.2, 0.25) is 0 Å². The Morgan fingerprint density at radius 2 is 1.90 bits per heavy atom. The average Bonchev–Trinajstić information content (AvgIpc) is 2.47. The van der Waals surface area contributed by atoms with Crippen molar-refractivity contribution in [2.45, 2.75) is 39.8 Å². The molecule has 0 bridgehead atoms. The van der Waals surface area contributed by atoms with Gasteiger partial charge < -0.3 is 10.5 Å². The molecular weight excluding hydrogens is 282 g/mol. The standard InChI is InChI=1S/C18H22ClNO/c1-12(2)15-6-4-13(3)18(9-15)21-11-16-7-5-14(10-20)8-17(16)19/h4-9,12H,10-11,20H2,1-3H3. The first-order chi connectivity index (χ1) is 10.0. The van der Waals surface area contributed by atoms with Crippen molar-refractivity contribution in [2.75, 3.05) is 0 Å². The van der Waals surface area contributed by atoms with Crippen LogP contribution in [0.2, 0.25) is 5.02 Å². The van der Waals surface area contributed by atoms with E-state index < -0.39 is 0 Å². The van der Waals surface area contributed by atoms with E-state index in [0.717, 1.165) is 22.4 Å². The second-order valence-corrected chi connectivity index (χ2v) is 6.01. The third-order valence-electron chi connectivity index (χ3n) is 3.62. The van der Waals surface area contributed by atoms with Gasteiger partial charge in [0.25, 0.3) is 0 Å². The number of rotatable bonds is 5. The highest BCUT2D eigenvalue weighted by Gasteiger charge is 2.07. The Balaban J connectivity index is 2.14. The molecule has 0 aliphatic heterocycles. The highest BCUT2D eigenvalue weighted by molar-refractivity contribution is 6.31. The lowest BCUT2D eigenvalue weighted by Crippen LogP contribution is -2.01. The van der Waals surface area contributed by atoms with Gasteiger partial charge in [0.05, 0.1) is 0 Å². The normalized spacial score (nSPS) is 11.0. The molecule has 0 aliphatic rings. The van der Waals surface area contributed by atoms with Crippen LogP contribution < -0.4 is 10.5 Å². The molecule has 0 heterocycles. The molecule has 2 aromatic carbocycles. The second-order valence-electron chi connectivity index (χ2n) is 5.60. The first-order valence-corrected chi connectivity index (χ1v) is 7.59. The van der Waals surface area contributed by atoms with Gasteiger partial charge in [-0.1, -0.05) is 49.7 Å². The van der Waals surface area contributed by atoms with Crippen LogP contribution in [0.1, 0.15) is 42.0 Å². The molecule has 0 fully saturated rings. The van der Waals surface area contributed by atoms with E-state index in [9.17, 15) is 0 Å². The minimum absolute atomic E-state index is 0.464. The SMILES string of the molecule is Cc1ccc(C(C)C)cc1OCc1ccc(CN)cc1Cl. The number of halogens is 1. The summed E-state index contributed by atoms with van der Waals surface area (Å²) >= 11 is 6.26. The van der Waals surface area contributed by atoms with Crippen molar-refractivity contribution in [2.24, 2.45) is 5.73 Å². The van der Waals surface area contributed by atoms with Crippen molar-refractivity contribution in [1.29, 1.82) is 0 Å². The monoisotopic (exact) mass is 303 g/mol. The quantitative estimate of drug-likeness (QED) is 0.860. The van der Waals surface area contributed by atoms with Gasteiger partial charge in [0.1, 0.15) is 12.4 Å². The lowest BCUT2D eigenvalue weighted by atomic mass is 10.0. The molecule has 0 aliphatic carbocycles. The average molecular weight is 304 g/mol. The summed E-state index contributed by atoms with van der Waals surface area (Å²) in [5, 5.41) is 0.704. The summed E-state index contributed by atoms with van der Waals surface area (Å²) in [6, 6.07) is 12.2. The molecule has 2 N–H and O–H groups in total. The Labute approximate surface area is 131 Å². The molecular formula is C18H22ClNO. The van der Waals surface area contributed by atoms with E-state index in [2.05, 4.69) is 39.0 Å². The van der Waals surface area contributed by atoms with Gasteiger partial charge in [-0.25, -0.2) is 0 Å². The van der Waals surface area contributed by atoms with Crippen molar-refractivity contribution >= 4 is 11.6 Å². The zero-order valence-corrected chi connectivity index (χ0v) is 13.6. The first-order valence-electron chi connectivity index (χ1n) is 7.22. The predicted molar refractivity (Wildman–Crippen MR) is 88.9 cm³/mol. The van der Waals surface area contributed by atoms with Gasteiger partial charge in [-0.05, 0) is 41.7 Å². The minimum Gasteiger partial charge on any atom is -0.489 e. The van der Waals surface area contributed by atoms with E-state index in [1.165, 1.54) is 5.56 Å². The van der Waals surface area contributed by atoms with E-state index in [-0.39, 0.29) is 0 Å².